The van der Waals surface area contributed by atoms with Gasteiger partial charge in [-0.1, -0.05) is 48.2 Å². The largest absolute Gasteiger partial charge is 0.396 e. The topological polar surface area (TPSA) is 96.1 Å². The number of anilines is 1. The summed E-state index contributed by atoms with van der Waals surface area (Å²) in [6.07, 6.45) is 0. The molecule has 1 aliphatic heterocycles. The summed E-state index contributed by atoms with van der Waals surface area (Å²) in [5.41, 5.74) is 6.09. The lowest BCUT2D eigenvalue weighted by Crippen LogP contribution is -2.47. The molecule has 3 aromatic rings. The molecule has 0 spiro atoms. The van der Waals surface area contributed by atoms with Crippen LogP contribution in [0.5, 0.6) is 0 Å². The number of likely N-dealkylation sites (N-methyl/N-ethyl adjacent to an activating group) is 1. The number of fused-ring (bicyclic) bond motifs is 1. The van der Waals surface area contributed by atoms with Gasteiger partial charge in [0.1, 0.15) is 4.90 Å². The Morgan fingerprint density at radius 2 is 1.63 bits per heavy atom. The van der Waals surface area contributed by atoms with E-state index in [1.165, 1.54) is 22.1 Å². The second-order valence-electron chi connectivity index (χ2n) is 7.20. The Hall–Kier alpha value is -2.46. The number of hydrogen-bond donors (Lipinski definition) is 1. The molecule has 0 atom stereocenters. The third-order valence-corrected chi connectivity index (χ3v) is 8.36. The van der Waals surface area contributed by atoms with Gasteiger partial charge in [-0.2, -0.15) is 4.31 Å². The predicted molar refractivity (Wildman–Crippen MR) is 121 cm³/mol. The molecule has 0 saturated carbocycles. The smallest absolute Gasteiger partial charge is 0.245 e. The fourth-order valence-electron chi connectivity index (χ4n) is 3.53. The van der Waals surface area contributed by atoms with Crippen molar-refractivity contribution in [2.45, 2.75) is 14.7 Å². The van der Waals surface area contributed by atoms with Crippen LogP contribution in [0, 0.1) is 4.91 Å². The number of sulfonamides is 1. The van der Waals surface area contributed by atoms with E-state index < -0.39 is 10.0 Å². The first-order valence-corrected chi connectivity index (χ1v) is 11.8. The van der Waals surface area contributed by atoms with Crippen molar-refractivity contribution in [2.75, 3.05) is 39.0 Å². The molecule has 156 valence electrons. The minimum absolute atomic E-state index is 0.0816. The predicted octanol–water partition coefficient (Wildman–Crippen LogP) is 3.91. The zero-order valence-electron chi connectivity index (χ0n) is 16.5. The fraction of sp³-hybridized carbons (Fsp3) is 0.238. The van der Waals surface area contributed by atoms with Gasteiger partial charge in [0.25, 0.3) is 0 Å². The average Bonchev–Trinajstić information content (AvgIpc) is 2.75. The highest BCUT2D eigenvalue weighted by Gasteiger charge is 2.31. The SMILES string of the molecule is CN1CCN(S(=O)(=O)c2ccc(Sc3cccc4ccccc34)c(N)c2N=O)CC1. The molecule has 7 nitrogen and oxygen atoms in total. The highest BCUT2D eigenvalue weighted by molar-refractivity contribution is 7.99. The summed E-state index contributed by atoms with van der Waals surface area (Å²) in [6.45, 7) is 1.99. The lowest BCUT2D eigenvalue weighted by Gasteiger charge is -2.31. The van der Waals surface area contributed by atoms with E-state index in [1.807, 2.05) is 49.5 Å². The third-order valence-electron chi connectivity index (χ3n) is 5.28. The van der Waals surface area contributed by atoms with E-state index >= 15 is 0 Å². The van der Waals surface area contributed by atoms with Crippen molar-refractivity contribution in [1.29, 1.82) is 0 Å². The Morgan fingerprint density at radius 1 is 0.933 bits per heavy atom. The summed E-state index contributed by atoms with van der Waals surface area (Å²) in [7, 11) is -1.91. The van der Waals surface area contributed by atoms with Gasteiger partial charge >= 0.3 is 0 Å². The summed E-state index contributed by atoms with van der Waals surface area (Å²) in [6, 6.07) is 17.0. The molecule has 0 aliphatic carbocycles. The molecule has 2 N–H and O–H groups in total. The van der Waals surface area contributed by atoms with E-state index in [9.17, 15) is 13.3 Å². The van der Waals surface area contributed by atoms with Gasteiger partial charge in [-0.05, 0) is 41.2 Å². The molecule has 3 aromatic carbocycles. The van der Waals surface area contributed by atoms with Crippen molar-refractivity contribution in [3.63, 3.8) is 0 Å². The molecule has 4 rings (SSSR count). The summed E-state index contributed by atoms with van der Waals surface area (Å²) >= 11 is 1.39. The zero-order valence-corrected chi connectivity index (χ0v) is 18.1. The van der Waals surface area contributed by atoms with Crippen molar-refractivity contribution in [3.05, 3.63) is 59.5 Å². The molecule has 30 heavy (non-hydrogen) atoms. The fourth-order valence-corrected chi connectivity index (χ4v) is 6.11. The molecule has 0 unspecified atom stereocenters. The Morgan fingerprint density at radius 3 is 2.37 bits per heavy atom. The number of benzene rings is 3. The first-order chi connectivity index (χ1) is 14.4. The maximum absolute atomic E-state index is 13.1. The minimum atomic E-state index is -3.85. The lowest BCUT2D eigenvalue weighted by molar-refractivity contribution is 0.222. The number of nitroso groups, excluding NO2 is 1. The van der Waals surface area contributed by atoms with Crippen molar-refractivity contribution in [1.82, 2.24) is 9.21 Å². The first kappa shape index (κ1) is 20.8. The molecule has 1 aliphatic rings. The summed E-state index contributed by atoms with van der Waals surface area (Å²) in [5.74, 6) is 0. The van der Waals surface area contributed by atoms with Crippen molar-refractivity contribution in [3.8, 4) is 0 Å². The normalized spacial score (nSPS) is 16.0. The van der Waals surface area contributed by atoms with Crippen LogP contribution in [0.1, 0.15) is 0 Å². The van der Waals surface area contributed by atoms with Gasteiger partial charge < -0.3 is 10.6 Å². The highest BCUT2D eigenvalue weighted by Crippen LogP contribution is 2.43. The number of nitrogen functional groups attached to an aromatic ring is 1. The van der Waals surface area contributed by atoms with Crippen molar-refractivity contribution >= 4 is 43.9 Å². The molecule has 0 amide bonds. The Kier molecular flexibility index (Phi) is 5.79. The van der Waals surface area contributed by atoms with Gasteiger partial charge in [0, 0.05) is 36.0 Å². The highest BCUT2D eigenvalue weighted by atomic mass is 32.2. The standard InChI is InChI=1S/C21H22N4O3S2/c1-24-11-13-25(14-12-24)30(27,28)19-10-9-18(20(22)21(19)23-26)29-17-8-4-6-15-5-2-3-7-16(15)17/h2-10H,11-14,22H2,1H3. The van der Waals surface area contributed by atoms with Crippen LogP contribution < -0.4 is 5.73 Å². The Bertz CT molecular complexity index is 1200. The Balaban J connectivity index is 1.72. The molecule has 0 bridgehead atoms. The monoisotopic (exact) mass is 442 g/mol. The molecule has 1 saturated heterocycles. The van der Waals surface area contributed by atoms with Crippen LogP contribution >= 0.6 is 11.8 Å². The molecular weight excluding hydrogens is 420 g/mol. The summed E-state index contributed by atoms with van der Waals surface area (Å²) in [5, 5.41) is 5.15. The minimum Gasteiger partial charge on any atom is -0.396 e. The molecular formula is C21H22N4O3S2. The van der Waals surface area contributed by atoms with E-state index in [4.69, 9.17) is 5.73 Å². The number of rotatable bonds is 5. The maximum Gasteiger partial charge on any atom is 0.245 e. The van der Waals surface area contributed by atoms with Crippen LogP contribution in [0.4, 0.5) is 11.4 Å². The first-order valence-electron chi connectivity index (χ1n) is 9.52. The van der Waals surface area contributed by atoms with Crippen LogP contribution in [-0.4, -0.2) is 50.8 Å². The van der Waals surface area contributed by atoms with Crippen LogP contribution in [0.2, 0.25) is 0 Å². The van der Waals surface area contributed by atoms with Crippen LogP contribution in [0.25, 0.3) is 10.8 Å². The van der Waals surface area contributed by atoms with Crippen LogP contribution in [-0.2, 0) is 10.0 Å². The van der Waals surface area contributed by atoms with Crippen LogP contribution in [0.3, 0.4) is 0 Å². The maximum atomic E-state index is 13.1. The number of nitrogens with two attached hydrogens (primary N) is 1. The van der Waals surface area contributed by atoms with Crippen LogP contribution in [0.15, 0.2) is 74.5 Å². The quantitative estimate of drug-likeness (QED) is 0.475. The second kappa shape index (κ2) is 8.35. The molecule has 1 heterocycles. The molecule has 1 fully saturated rings. The summed E-state index contributed by atoms with van der Waals surface area (Å²) < 4.78 is 27.6. The zero-order chi connectivity index (χ0) is 21.3. The van der Waals surface area contributed by atoms with Gasteiger partial charge in [0.15, 0.2) is 5.69 Å². The van der Waals surface area contributed by atoms with E-state index in [-0.39, 0.29) is 16.3 Å². The van der Waals surface area contributed by atoms with Gasteiger partial charge in [0.05, 0.1) is 5.69 Å². The van der Waals surface area contributed by atoms with E-state index in [0.29, 0.717) is 31.1 Å². The van der Waals surface area contributed by atoms with Crippen molar-refractivity contribution in [2.24, 2.45) is 5.18 Å². The third kappa shape index (κ3) is 3.81. The number of piperazine rings is 1. The second-order valence-corrected chi connectivity index (χ2v) is 10.2. The van der Waals surface area contributed by atoms with Gasteiger partial charge in [-0.15, -0.1) is 4.91 Å². The Labute approximate surface area is 179 Å². The van der Waals surface area contributed by atoms with E-state index in [1.54, 1.807) is 6.07 Å². The number of nitrogens with zero attached hydrogens (tertiary/aromatic N) is 3. The van der Waals surface area contributed by atoms with Gasteiger partial charge in [0.2, 0.25) is 10.0 Å². The molecule has 0 aromatic heterocycles. The van der Waals surface area contributed by atoms with Crippen molar-refractivity contribution < 1.29 is 8.42 Å². The molecule has 9 heteroatoms. The van der Waals surface area contributed by atoms with E-state index in [0.717, 1.165) is 15.7 Å². The van der Waals surface area contributed by atoms with E-state index in [2.05, 4.69) is 10.1 Å². The van der Waals surface area contributed by atoms with Gasteiger partial charge in [-0.25, -0.2) is 8.42 Å². The lowest BCUT2D eigenvalue weighted by atomic mass is 10.1. The number of hydrogen-bond acceptors (Lipinski definition) is 7. The summed E-state index contributed by atoms with van der Waals surface area (Å²) in [4.78, 5) is 15.1. The average molecular weight is 443 g/mol. The molecule has 0 radical (unpaired) electrons. The van der Waals surface area contributed by atoms with Gasteiger partial charge in [-0.3, -0.25) is 0 Å².